The van der Waals surface area contributed by atoms with Crippen LogP contribution in [0.1, 0.15) is 30.0 Å². The van der Waals surface area contributed by atoms with Gasteiger partial charge in [-0.1, -0.05) is 42.5 Å². The summed E-state index contributed by atoms with van der Waals surface area (Å²) in [5.41, 5.74) is 1.52. The third kappa shape index (κ3) is 3.79. The van der Waals surface area contributed by atoms with Crippen LogP contribution in [0.3, 0.4) is 0 Å². The fourth-order valence-electron chi connectivity index (χ4n) is 3.11. The van der Waals surface area contributed by atoms with E-state index in [1.165, 1.54) is 17.0 Å². The first-order valence-electron chi connectivity index (χ1n) is 8.03. The van der Waals surface area contributed by atoms with Gasteiger partial charge < -0.3 is 9.84 Å². The number of hydrogen-bond donors (Lipinski definition) is 1. The number of carbonyl (C=O) groups excluding carboxylic acids is 1. The molecule has 5 nitrogen and oxygen atoms in total. The van der Waals surface area contributed by atoms with Crippen molar-refractivity contribution in [1.29, 1.82) is 0 Å². The standard InChI is InChI=1S/C19H18FNO4/c20-15-8-6-14(7-9-15)16-10-11-17(18(22)23)21(16)19(24)25-12-13-4-2-1-3-5-13/h1-9,16-17H,10-12H2,(H,22,23)/t16-,17-/m1/s1. The monoisotopic (exact) mass is 343 g/mol. The van der Waals surface area contributed by atoms with Crippen LogP contribution in [-0.2, 0) is 16.1 Å². The highest BCUT2D eigenvalue weighted by Crippen LogP contribution is 2.37. The van der Waals surface area contributed by atoms with Gasteiger partial charge in [-0.05, 0) is 36.1 Å². The molecular weight excluding hydrogens is 325 g/mol. The number of carboxylic acid groups (broad SMARTS) is 1. The molecule has 1 saturated heterocycles. The van der Waals surface area contributed by atoms with E-state index in [9.17, 15) is 19.1 Å². The first-order valence-corrected chi connectivity index (χ1v) is 8.03. The van der Waals surface area contributed by atoms with Gasteiger partial charge in [0.2, 0.25) is 0 Å². The number of halogens is 1. The molecule has 2 aromatic carbocycles. The summed E-state index contributed by atoms with van der Waals surface area (Å²) in [6.07, 6.45) is 0.143. The predicted molar refractivity (Wildman–Crippen MR) is 88.3 cm³/mol. The first kappa shape index (κ1) is 17.0. The van der Waals surface area contributed by atoms with Gasteiger partial charge in [0, 0.05) is 0 Å². The van der Waals surface area contributed by atoms with E-state index in [-0.39, 0.29) is 12.4 Å². The van der Waals surface area contributed by atoms with Crippen LogP contribution in [0.15, 0.2) is 54.6 Å². The largest absolute Gasteiger partial charge is 0.480 e. The molecule has 1 N–H and O–H groups in total. The Morgan fingerprint density at radius 3 is 2.40 bits per heavy atom. The number of carboxylic acids is 1. The Balaban J connectivity index is 1.78. The molecule has 1 amide bonds. The number of benzene rings is 2. The lowest BCUT2D eigenvalue weighted by atomic mass is 10.0. The zero-order valence-electron chi connectivity index (χ0n) is 13.5. The smallest absolute Gasteiger partial charge is 0.411 e. The molecule has 0 spiro atoms. The van der Waals surface area contributed by atoms with Crippen molar-refractivity contribution in [1.82, 2.24) is 4.90 Å². The van der Waals surface area contributed by atoms with Gasteiger partial charge in [-0.25, -0.2) is 14.0 Å². The molecule has 0 radical (unpaired) electrons. The van der Waals surface area contributed by atoms with Crippen molar-refractivity contribution in [2.24, 2.45) is 0 Å². The van der Waals surface area contributed by atoms with Gasteiger partial charge in [0.15, 0.2) is 0 Å². The molecular formula is C19H18FNO4. The van der Waals surface area contributed by atoms with E-state index >= 15 is 0 Å². The summed E-state index contributed by atoms with van der Waals surface area (Å²) in [5.74, 6) is -1.45. The molecule has 2 atom stereocenters. The average molecular weight is 343 g/mol. The van der Waals surface area contributed by atoms with Gasteiger partial charge >= 0.3 is 12.1 Å². The highest BCUT2D eigenvalue weighted by Gasteiger charge is 2.42. The third-order valence-electron chi connectivity index (χ3n) is 4.34. The Kier molecular flexibility index (Phi) is 4.97. The fourth-order valence-corrected chi connectivity index (χ4v) is 3.11. The molecule has 0 saturated carbocycles. The summed E-state index contributed by atoms with van der Waals surface area (Å²) < 4.78 is 18.5. The van der Waals surface area contributed by atoms with Gasteiger partial charge in [-0.3, -0.25) is 4.90 Å². The second-order valence-corrected chi connectivity index (χ2v) is 5.95. The van der Waals surface area contributed by atoms with E-state index < -0.39 is 24.1 Å². The van der Waals surface area contributed by atoms with Crippen molar-refractivity contribution in [3.63, 3.8) is 0 Å². The molecule has 0 unspecified atom stereocenters. The van der Waals surface area contributed by atoms with Crippen LogP contribution in [-0.4, -0.2) is 28.1 Å². The molecule has 3 rings (SSSR count). The zero-order chi connectivity index (χ0) is 17.8. The summed E-state index contributed by atoms with van der Waals surface area (Å²) in [6.45, 7) is 0.0681. The molecule has 2 aromatic rings. The summed E-state index contributed by atoms with van der Waals surface area (Å²) >= 11 is 0. The molecule has 6 heteroatoms. The molecule has 0 bridgehead atoms. The molecule has 1 aliphatic heterocycles. The first-order chi connectivity index (χ1) is 12.1. The number of likely N-dealkylation sites (tertiary alicyclic amines) is 1. The number of ether oxygens (including phenoxy) is 1. The van der Waals surface area contributed by atoms with Crippen LogP contribution >= 0.6 is 0 Å². The Labute approximate surface area is 144 Å². The number of amides is 1. The molecule has 0 aliphatic carbocycles. The van der Waals surface area contributed by atoms with Gasteiger partial charge in [0.05, 0.1) is 6.04 Å². The number of nitrogens with zero attached hydrogens (tertiary/aromatic N) is 1. The average Bonchev–Trinajstić information content (AvgIpc) is 3.06. The van der Waals surface area contributed by atoms with Gasteiger partial charge in [0.25, 0.3) is 0 Å². The Bertz CT molecular complexity index is 748. The third-order valence-corrected chi connectivity index (χ3v) is 4.34. The lowest BCUT2D eigenvalue weighted by molar-refractivity contribution is -0.142. The molecule has 0 aromatic heterocycles. The Morgan fingerprint density at radius 2 is 1.76 bits per heavy atom. The normalized spacial score (nSPS) is 19.6. The second kappa shape index (κ2) is 7.34. The van der Waals surface area contributed by atoms with Crippen LogP contribution in [0.25, 0.3) is 0 Å². The zero-order valence-corrected chi connectivity index (χ0v) is 13.5. The summed E-state index contributed by atoms with van der Waals surface area (Å²) in [6, 6.07) is 13.5. The van der Waals surface area contributed by atoms with Crippen LogP contribution < -0.4 is 0 Å². The van der Waals surface area contributed by atoms with Crippen molar-refractivity contribution in [3.05, 3.63) is 71.5 Å². The lowest BCUT2D eigenvalue weighted by Gasteiger charge is -2.27. The lowest BCUT2D eigenvalue weighted by Crippen LogP contribution is -2.42. The number of rotatable bonds is 4. The minimum Gasteiger partial charge on any atom is -0.480 e. The highest BCUT2D eigenvalue weighted by atomic mass is 19.1. The maximum Gasteiger partial charge on any atom is 0.411 e. The fraction of sp³-hybridized carbons (Fsp3) is 0.263. The van der Waals surface area contributed by atoms with E-state index in [1.54, 1.807) is 12.1 Å². The highest BCUT2D eigenvalue weighted by molar-refractivity contribution is 5.81. The van der Waals surface area contributed by atoms with Crippen LogP contribution in [0.4, 0.5) is 9.18 Å². The number of hydrogen-bond acceptors (Lipinski definition) is 3. The topological polar surface area (TPSA) is 66.8 Å². The van der Waals surface area contributed by atoms with Crippen molar-refractivity contribution in [2.45, 2.75) is 31.5 Å². The van der Waals surface area contributed by atoms with E-state index in [0.29, 0.717) is 18.4 Å². The van der Waals surface area contributed by atoms with Gasteiger partial charge in [-0.2, -0.15) is 0 Å². The van der Waals surface area contributed by atoms with Crippen molar-refractivity contribution >= 4 is 12.1 Å². The van der Waals surface area contributed by atoms with Crippen LogP contribution in [0.2, 0.25) is 0 Å². The van der Waals surface area contributed by atoms with Crippen molar-refractivity contribution in [2.75, 3.05) is 0 Å². The minimum absolute atomic E-state index is 0.0681. The maximum atomic E-state index is 13.1. The SMILES string of the molecule is O=C(O)[C@H]1CC[C@H](c2ccc(F)cc2)N1C(=O)OCc1ccccc1. The van der Waals surface area contributed by atoms with Gasteiger partial charge in [0.1, 0.15) is 18.5 Å². The van der Waals surface area contributed by atoms with E-state index in [0.717, 1.165) is 5.56 Å². The molecule has 25 heavy (non-hydrogen) atoms. The van der Waals surface area contributed by atoms with Crippen molar-refractivity contribution in [3.8, 4) is 0 Å². The molecule has 130 valence electrons. The predicted octanol–water partition coefficient (Wildman–Crippen LogP) is 3.75. The summed E-state index contributed by atoms with van der Waals surface area (Å²) in [4.78, 5) is 25.3. The number of aliphatic carboxylic acids is 1. The van der Waals surface area contributed by atoms with Crippen LogP contribution in [0, 0.1) is 5.82 Å². The van der Waals surface area contributed by atoms with E-state index in [4.69, 9.17) is 4.74 Å². The maximum absolute atomic E-state index is 13.1. The summed E-state index contributed by atoms with van der Waals surface area (Å²) in [7, 11) is 0. The van der Waals surface area contributed by atoms with E-state index in [2.05, 4.69) is 0 Å². The van der Waals surface area contributed by atoms with Gasteiger partial charge in [-0.15, -0.1) is 0 Å². The Morgan fingerprint density at radius 1 is 1.08 bits per heavy atom. The Hall–Kier alpha value is -2.89. The van der Waals surface area contributed by atoms with Crippen molar-refractivity contribution < 1.29 is 23.8 Å². The summed E-state index contributed by atoms with van der Waals surface area (Å²) in [5, 5.41) is 9.42. The quantitative estimate of drug-likeness (QED) is 0.918. The minimum atomic E-state index is -1.07. The molecule has 1 aliphatic rings. The second-order valence-electron chi connectivity index (χ2n) is 5.95. The molecule has 1 heterocycles. The molecule has 1 fully saturated rings. The van der Waals surface area contributed by atoms with E-state index in [1.807, 2.05) is 30.3 Å². The number of carbonyl (C=O) groups is 2. The van der Waals surface area contributed by atoms with Crippen LogP contribution in [0.5, 0.6) is 0 Å².